The fraction of sp³-hybridized carbons (Fsp3) is 0.0909. The number of rotatable bonds is 1. The molecule has 0 amide bonds. The number of pyridine rings is 1. The van der Waals surface area contributed by atoms with Crippen molar-refractivity contribution in [3.8, 4) is 0 Å². The average Bonchev–Trinajstić information content (AvgIpc) is 2.20. The Morgan fingerprint density at radius 3 is 2.75 bits per heavy atom. The van der Waals surface area contributed by atoms with Crippen molar-refractivity contribution in [3.63, 3.8) is 0 Å². The largest absolute Gasteiger partial charge is 0.477 e. The van der Waals surface area contributed by atoms with E-state index in [9.17, 15) is 4.79 Å². The lowest BCUT2D eigenvalue weighted by atomic mass is 10.1. The maximum Gasteiger partial charge on any atom is 0.354 e. The number of hydrogen-bond acceptors (Lipinski definition) is 2. The fourth-order valence-corrected chi connectivity index (χ4v) is 2.00. The molecule has 0 aliphatic heterocycles. The molecular formula is C11H7BrClNO2. The number of aromatic carboxylic acids is 1. The highest BCUT2D eigenvalue weighted by atomic mass is 79.9. The zero-order chi connectivity index (χ0) is 11.9. The molecule has 0 spiro atoms. The van der Waals surface area contributed by atoms with E-state index in [0.29, 0.717) is 10.5 Å². The molecule has 82 valence electrons. The quantitative estimate of drug-likeness (QED) is 0.874. The van der Waals surface area contributed by atoms with E-state index < -0.39 is 5.97 Å². The Labute approximate surface area is 105 Å². The second-order valence-corrected chi connectivity index (χ2v) is 4.67. The van der Waals surface area contributed by atoms with Gasteiger partial charge < -0.3 is 5.11 Å². The van der Waals surface area contributed by atoms with Gasteiger partial charge in [-0.05, 0) is 46.6 Å². The summed E-state index contributed by atoms with van der Waals surface area (Å²) in [6.07, 6.45) is 0. The van der Waals surface area contributed by atoms with Gasteiger partial charge in [0.05, 0.1) is 10.5 Å². The SMILES string of the molecule is Cc1cc(C(=O)O)nc2cc(Cl)c(Br)cc12. The molecule has 2 rings (SSSR count). The third-order valence-electron chi connectivity index (χ3n) is 2.28. The highest BCUT2D eigenvalue weighted by Crippen LogP contribution is 2.29. The average molecular weight is 301 g/mol. The van der Waals surface area contributed by atoms with Crippen LogP contribution < -0.4 is 0 Å². The van der Waals surface area contributed by atoms with Crippen LogP contribution in [0.2, 0.25) is 5.02 Å². The van der Waals surface area contributed by atoms with Crippen molar-refractivity contribution in [2.45, 2.75) is 6.92 Å². The summed E-state index contributed by atoms with van der Waals surface area (Å²) in [5, 5.41) is 10.3. The number of carboxylic acids is 1. The molecule has 1 aromatic heterocycles. The van der Waals surface area contributed by atoms with Gasteiger partial charge in [0.15, 0.2) is 0 Å². The molecule has 5 heteroatoms. The van der Waals surface area contributed by atoms with Gasteiger partial charge in [-0.15, -0.1) is 0 Å². The van der Waals surface area contributed by atoms with E-state index in [-0.39, 0.29) is 5.69 Å². The van der Waals surface area contributed by atoms with E-state index in [2.05, 4.69) is 20.9 Å². The summed E-state index contributed by atoms with van der Waals surface area (Å²) in [5.74, 6) is -1.04. The lowest BCUT2D eigenvalue weighted by molar-refractivity contribution is 0.0691. The van der Waals surface area contributed by atoms with Crippen molar-refractivity contribution < 1.29 is 9.90 Å². The van der Waals surface area contributed by atoms with E-state index in [1.54, 1.807) is 12.1 Å². The molecule has 0 saturated heterocycles. The Bertz CT molecular complexity index is 598. The first-order chi connectivity index (χ1) is 7.49. The zero-order valence-electron chi connectivity index (χ0n) is 8.29. The lowest BCUT2D eigenvalue weighted by Crippen LogP contribution is -2.01. The van der Waals surface area contributed by atoms with Crippen LogP contribution in [0.4, 0.5) is 0 Å². The van der Waals surface area contributed by atoms with Crippen LogP contribution in [0.1, 0.15) is 16.1 Å². The molecule has 2 aromatic rings. The van der Waals surface area contributed by atoms with Gasteiger partial charge in [0, 0.05) is 9.86 Å². The minimum atomic E-state index is -1.04. The van der Waals surface area contributed by atoms with E-state index in [0.717, 1.165) is 15.4 Å². The van der Waals surface area contributed by atoms with Crippen LogP contribution in [0.3, 0.4) is 0 Å². The van der Waals surface area contributed by atoms with Crippen molar-refractivity contribution in [2.75, 3.05) is 0 Å². The highest BCUT2D eigenvalue weighted by Gasteiger charge is 2.10. The molecule has 0 unspecified atom stereocenters. The third-order valence-corrected chi connectivity index (χ3v) is 3.47. The predicted octanol–water partition coefficient (Wildman–Crippen LogP) is 3.66. The summed E-state index contributed by atoms with van der Waals surface area (Å²) < 4.78 is 0.773. The van der Waals surface area contributed by atoms with Crippen LogP contribution in [0.15, 0.2) is 22.7 Å². The minimum absolute atomic E-state index is 0.0309. The highest BCUT2D eigenvalue weighted by molar-refractivity contribution is 9.10. The van der Waals surface area contributed by atoms with Crippen LogP contribution in [-0.2, 0) is 0 Å². The fourth-order valence-electron chi connectivity index (χ4n) is 1.50. The third kappa shape index (κ3) is 1.90. The molecule has 0 radical (unpaired) electrons. The van der Waals surface area contributed by atoms with Gasteiger partial charge in [-0.1, -0.05) is 11.6 Å². The number of carbonyl (C=O) groups is 1. The molecule has 0 bridgehead atoms. The van der Waals surface area contributed by atoms with Crippen LogP contribution >= 0.6 is 27.5 Å². The summed E-state index contributed by atoms with van der Waals surface area (Å²) in [6, 6.07) is 5.04. The first-order valence-electron chi connectivity index (χ1n) is 4.48. The first kappa shape index (κ1) is 11.4. The van der Waals surface area contributed by atoms with Crippen molar-refractivity contribution >= 4 is 44.4 Å². The molecule has 1 heterocycles. The number of halogens is 2. The molecule has 0 fully saturated rings. The number of hydrogen-bond donors (Lipinski definition) is 1. The molecule has 0 saturated carbocycles. The molecule has 0 atom stereocenters. The van der Waals surface area contributed by atoms with Gasteiger partial charge in [0.25, 0.3) is 0 Å². The van der Waals surface area contributed by atoms with Gasteiger partial charge in [0.1, 0.15) is 5.69 Å². The number of benzene rings is 1. The van der Waals surface area contributed by atoms with E-state index in [1.807, 2.05) is 13.0 Å². The number of fused-ring (bicyclic) bond motifs is 1. The monoisotopic (exact) mass is 299 g/mol. The summed E-state index contributed by atoms with van der Waals surface area (Å²) >= 11 is 9.26. The maximum atomic E-state index is 10.8. The van der Waals surface area contributed by atoms with Crippen LogP contribution in [0, 0.1) is 6.92 Å². The summed E-state index contributed by atoms with van der Waals surface area (Å²) in [5.41, 5.74) is 1.48. The second kappa shape index (κ2) is 4.03. The Morgan fingerprint density at radius 2 is 2.12 bits per heavy atom. The topological polar surface area (TPSA) is 50.2 Å². The van der Waals surface area contributed by atoms with Gasteiger partial charge >= 0.3 is 5.97 Å². The Balaban J connectivity index is 2.82. The molecule has 3 nitrogen and oxygen atoms in total. The molecule has 1 aromatic carbocycles. The minimum Gasteiger partial charge on any atom is -0.477 e. The number of carboxylic acid groups (broad SMARTS) is 1. The van der Waals surface area contributed by atoms with Gasteiger partial charge in [-0.3, -0.25) is 0 Å². The van der Waals surface area contributed by atoms with Crippen LogP contribution in [0.25, 0.3) is 10.9 Å². The van der Waals surface area contributed by atoms with Crippen molar-refractivity contribution in [1.29, 1.82) is 0 Å². The Hall–Kier alpha value is -1.13. The summed E-state index contributed by atoms with van der Waals surface area (Å²) in [7, 11) is 0. The smallest absolute Gasteiger partial charge is 0.354 e. The summed E-state index contributed by atoms with van der Waals surface area (Å²) in [4.78, 5) is 14.9. The molecule has 16 heavy (non-hydrogen) atoms. The molecular weight excluding hydrogens is 293 g/mol. The van der Waals surface area contributed by atoms with Gasteiger partial charge in [-0.2, -0.15) is 0 Å². The van der Waals surface area contributed by atoms with Crippen molar-refractivity contribution in [1.82, 2.24) is 4.98 Å². The first-order valence-corrected chi connectivity index (χ1v) is 5.66. The number of aromatic nitrogens is 1. The van der Waals surface area contributed by atoms with Crippen molar-refractivity contribution in [2.24, 2.45) is 0 Å². The lowest BCUT2D eigenvalue weighted by Gasteiger charge is -2.05. The molecule has 0 aliphatic carbocycles. The molecule has 0 aliphatic rings. The van der Waals surface area contributed by atoms with E-state index in [1.165, 1.54) is 0 Å². The van der Waals surface area contributed by atoms with Gasteiger partial charge in [-0.25, -0.2) is 9.78 Å². The predicted molar refractivity (Wildman–Crippen MR) is 66.1 cm³/mol. The Kier molecular flexibility index (Phi) is 2.86. The molecule has 1 N–H and O–H groups in total. The maximum absolute atomic E-state index is 10.8. The number of aryl methyl sites for hydroxylation is 1. The second-order valence-electron chi connectivity index (χ2n) is 3.41. The van der Waals surface area contributed by atoms with Crippen LogP contribution in [0.5, 0.6) is 0 Å². The Morgan fingerprint density at radius 1 is 1.44 bits per heavy atom. The summed E-state index contributed by atoms with van der Waals surface area (Å²) in [6.45, 7) is 1.84. The van der Waals surface area contributed by atoms with Gasteiger partial charge in [0.2, 0.25) is 0 Å². The standard InChI is InChI=1S/C11H7BrClNO2/c1-5-2-10(11(15)16)14-9-4-8(13)7(12)3-6(5)9/h2-4H,1H3,(H,15,16). The number of nitrogens with zero attached hydrogens (tertiary/aromatic N) is 1. The zero-order valence-corrected chi connectivity index (χ0v) is 10.6. The van der Waals surface area contributed by atoms with Crippen molar-refractivity contribution in [3.05, 3.63) is 39.0 Å². The normalized spacial score (nSPS) is 10.7. The van der Waals surface area contributed by atoms with E-state index in [4.69, 9.17) is 16.7 Å². The van der Waals surface area contributed by atoms with Crippen LogP contribution in [-0.4, -0.2) is 16.1 Å². The van der Waals surface area contributed by atoms with E-state index >= 15 is 0 Å².